The maximum atomic E-state index is 13.4. The molecule has 1 aliphatic rings. The van der Waals surface area contributed by atoms with Crippen LogP contribution in [-0.4, -0.2) is 59.0 Å². The lowest BCUT2D eigenvalue weighted by atomic mass is 10.1. The molecule has 0 amide bonds. The van der Waals surface area contributed by atoms with Crippen molar-refractivity contribution in [3.63, 3.8) is 0 Å². The number of alkyl halides is 3. The van der Waals surface area contributed by atoms with E-state index in [1.54, 1.807) is 16.4 Å². The molecule has 2 aromatic heterocycles. The van der Waals surface area contributed by atoms with Gasteiger partial charge in [0, 0.05) is 30.2 Å². The maximum absolute atomic E-state index is 13.4. The van der Waals surface area contributed by atoms with Crippen molar-refractivity contribution >= 4 is 32.7 Å². The molecule has 3 heterocycles. The lowest BCUT2D eigenvalue weighted by Gasteiger charge is -2.34. The molecule has 0 bridgehead atoms. The highest BCUT2D eigenvalue weighted by Crippen LogP contribution is 2.30. The quantitative estimate of drug-likeness (QED) is 0.524. The summed E-state index contributed by atoms with van der Waals surface area (Å²) in [7, 11) is -2.98. The third-order valence-corrected chi connectivity index (χ3v) is 7.85. The Kier molecular flexibility index (Phi) is 6.16. The fraction of sp³-hybridized carbons (Fsp3) is 0.333. The number of carboxylic acid groups (broad SMARTS) is 1. The predicted octanol–water partition coefficient (Wildman–Crippen LogP) is 2.51. The molecule has 1 fully saturated rings. The Balaban J connectivity index is 1.54. The summed E-state index contributed by atoms with van der Waals surface area (Å²) in [5.41, 5.74) is 0.312. The number of pyridine rings is 1. The Morgan fingerprint density at radius 3 is 2.44 bits per heavy atom. The van der Waals surface area contributed by atoms with Crippen molar-refractivity contribution in [2.75, 3.05) is 13.1 Å². The first-order valence-corrected chi connectivity index (χ1v) is 11.9. The molecule has 1 saturated heterocycles. The highest BCUT2D eigenvalue weighted by Gasteiger charge is 2.32. The zero-order chi connectivity index (χ0) is 24.7. The number of imidazole rings is 1. The number of benzene rings is 1. The van der Waals surface area contributed by atoms with Crippen LogP contribution in [0.2, 0.25) is 0 Å². The van der Waals surface area contributed by atoms with Gasteiger partial charge in [-0.1, -0.05) is 0 Å². The van der Waals surface area contributed by atoms with Crippen molar-refractivity contribution in [1.29, 1.82) is 0 Å². The molecule has 34 heavy (non-hydrogen) atoms. The highest BCUT2D eigenvalue weighted by atomic mass is 32.2. The van der Waals surface area contributed by atoms with E-state index in [-0.39, 0.29) is 10.9 Å². The number of hydrogen-bond acceptors (Lipinski definition) is 5. The van der Waals surface area contributed by atoms with Gasteiger partial charge in [-0.05, 0) is 55.1 Å². The minimum Gasteiger partial charge on any atom is -0.480 e. The summed E-state index contributed by atoms with van der Waals surface area (Å²) in [6.07, 6.45) is -2.46. The summed E-state index contributed by atoms with van der Waals surface area (Å²) in [4.78, 5) is 28.8. The Labute approximate surface area is 192 Å². The molecule has 1 unspecified atom stereocenters. The number of aliphatic carboxylic acids is 1. The van der Waals surface area contributed by atoms with Crippen LogP contribution in [0.15, 0.2) is 52.3 Å². The first kappa shape index (κ1) is 23.8. The van der Waals surface area contributed by atoms with Crippen molar-refractivity contribution in [1.82, 2.24) is 18.4 Å². The summed E-state index contributed by atoms with van der Waals surface area (Å²) >= 11 is 0. The van der Waals surface area contributed by atoms with Crippen LogP contribution in [0.5, 0.6) is 5.75 Å². The number of hydrogen-bond donors (Lipinski definition) is 1. The van der Waals surface area contributed by atoms with Crippen LogP contribution in [0, 0.1) is 0 Å². The SMILES string of the molecule is C=S(=O)(c1ccc(OC(F)(F)F)cc1)N1CCC(n2c(=O)n(CC(=O)O)c3cccnc32)CC1. The van der Waals surface area contributed by atoms with Gasteiger partial charge in [-0.15, -0.1) is 13.2 Å². The summed E-state index contributed by atoms with van der Waals surface area (Å²) in [6, 6.07) is 7.70. The van der Waals surface area contributed by atoms with Gasteiger partial charge in [0.25, 0.3) is 0 Å². The topological polar surface area (TPSA) is 107 Å². The summed E-state index contributed by atoms with van der Waals surface area (Å²) in [5, 5.41) is 9.18. The van der Waals surface area contributed by atoms with Crippen molar-refractivity contribution < 1.29 is 32.0 Å². The Morgan fingerprint density at radius 2 is 1.85 bits per heavy atom. The van der Waals surface area contributed by atoms with Gasteiger partial charge in [0.15, 0.2) is 5.65 Å². The van der Waals surface area contributed by atoms with Crippen LogP contribution in [0.3, 0.4) is 0 Å². The third kappa shape index (κ3) is 4.66. The molecule has 13 heteroatoms. The first-order chi connectivity index (χ1) is 16.0. The van der Waals surface area contributed by atoms with Gasteiger partial charge < -0.3 is 9.84 Å². The normalized spacial score (nSPS) is 17.5. The smallest absolute Gasteiger partial charge is 0.480 e. The van der Waals surface area contributed by atoms with Gasteiger partial charge in [0.05, 0.1) is 15.2 Å². The number of rotatable bonds is 6. The fourth-order valence-corrected chi connectivity index (χ4v) is 5.78. The standard InChI is InChI=1S/C21H21F3N4O5S/c1-34(32,16-6-4-15(5-7-16)33-21(22,23)24)26-11-8-14(9-12-26)28-19-17(3-2-10-25-19)27(20(28)31)13-18(29)30/h2-7,10,14H,1,8-9,11-13H2,(H,29,30). The molecular formula is C21H21F3N4O5S. The van der Waals surface area contributed by atoms with Crippen LogP contribution in [0.25, 0.3) is 11.2 Å². The zero-order valence-electron chi connectivity index (χ0n) is 17.8. The second kappa shape index (κ2) is 8.80. The minimum atomic E-state index is -4.82. The Hall–Kier alpha value is -3.32. The lowest BCUT2D eigenvalue weighted by Crippen LogP contribution is -2.41. The molecule has 0 aliphatic carbocycles. The number of carbonyl (C=O) groups is 1. The Bertz CT molecular complexity index is 1370. The van der Waals surface area contributed by atoms with E-state index in [2.05, 4.69) is 15.6 Å². The van der Waals surface area contributed by atoms with E-state index < -0.39 is 40.0 Å². The van der Waals surface area contributed by atoms with E-state index >= 15 is 0 Å². The van der Waals surface area contributed by atoms with Crippen LogP contribution in [0.4, 0.5) is 13.2 Å². The molecule has 4 rings (SSSR count). The fourth-order valence-electron chi connectivity index (χ4n) is 4.12. The summed E-state index contributed by atoms with van der Waals surface area (Å²) in [6.45, 7) is 0.116. The van der Waals surface area contributed by atoms with Gasteiger partial charge in [0.1, 0.15) is 12.3 Å². The van der Waals surface area contributed by atoms with E-state index in [1.165, 1.54) is 22.9 Å². The van der Waals surface area contributed by atoms with Gasteiger partial charge in [-0.3, -0.25) is 13.9 Å². The van der Waals surface area contributed by atoms with Gasteiger partial charge in [0.2, 0.25) is 0 Å². The minimum absolute atomic E-state index is 0.261. The van der Waals surface area contributed by atoms with Crippen molar-refractivity contribution in [3.05, 3.63) is 53.1 Å². The maximum Gasteiger partial charge on any atom is 0.573 e. The summed E-state index contributed by atoms with van der Waals surface area (Å²) in [5.74, 6) is 2.24. The van der Waals surface area contributed by atoms with Gasteiger partial charge in [-0.2, -0.15) is 0 Å². The number of halogens is 3. The molecule has 1 atom stereocenters. The first-order valence-electron chi connectivity index (χ1n) is 10.2. The number of piperidine rings is 1. The number of aromatic nitrogens is 3. The van der Waals surface area contributed by atoms with E-state index in [9.17, 15) is 32.1 Å². The number of ether oxygens (including phenoxy) is 1. The number of carboxylic acids is 1. The average molecular weight is 498 g/mol. The molecule has 9 nitrogen and oxygen atoms in total. The number of fused-ring (bicyclic) bond motifs is 1. The van der Waals surface area contributed by atoms with Crippen molar-refractivity contribution in [2.45, 2.75) is 36.7 Å². The van der Waals surface area contributed by atoms with Crippen LogP contribution in [-0.2, 0) is 21.0 Å². The molecule has 0 spiro atoms. The third-order valence-electron chi connectivity index (χ3n) is 5.65. The molecule has 0 saturated carbocycles. The molecule has 1 N–H and O–H groups in total. The van der Waals surface area contributed by atoms with E-state index in [0.29, 0.717) is 37.1 Å². The number of nitrogens with zero attached hydrogens (tertiary/aromatic N) is 4. The van der Waals surface area contributed by atoms with E-state index in [1.807, 2.05) is 0 Å². The molecule has 3 aromatic rings. The van der Waals surface area contributed by atoms with Gasteiger partial charge >= 0.3 is 18.0 Å². The predicted molar refractivity (Wildman–Crippen MR) is 118 cm³/mol. The van der Waals surface area contributed by atoms with Crippen LogP contribution >= 0.6 is 0 Å². The molecule has 1 aromatic carbocycles. The molecule has 0 radical (unpaired) electrons. The second-order valence-electron chi connectivity index (χ2n) is 7.80. The largest absolute Gasteiger partial charge is 0.573 e. The molecule has 1 aliphatic heterocycles. The average Bonchev–Trinajstić information content (AvgIpc) is 3.04. The van der Waals surface area contributed by atoms with E-state index in [4.69, 9.17) is 0 Å². The Morgan fingerprint density at radius 1 is 1.21 bits per heavy atom. The molecular weight excluding hydrogens is 477 g/mol. The zero-order valence-corrected chi connectivity index (χ0v) is 18.6. The van der Waals surface area contributed by atoms with E-state index in [0.717, 1.165) is 16.7 Å². The molecule has 182 valence electrons. The van der Waals surface area contributed by atoms with Crippen molar-refractivity contribution in [2.24, 2.45) is 0 Å². The second-order valence-corrected chi connectivity index (χ2v) is 10.1. The lowest BCUT2D eigenvalue weighted by molar-refractivity contribution is -0.274. The summed E-state index contributed by atoms with van der Waals surface area (Å²) < 4.78 is 58.6. The highest BCUT2D eigenvalue weighted by molar-refractivity contribution is 7.98. The van der Waals surface area contributed by atoms with Crippen molar-refractivity contribution in [3.8, 4) is 5.75 Å². The van der Waals surface area contributed by atoms with Crippen LogP contribution < -0.4 is 10.4 Å². The van der Waals surface area contributed by atoms with Crippen LogP contribution in [0.1, 0.15) is 18.9 Å². The monoisotopic (exact) mass is 498 g/mol. The van der Waals surface area contributed by atoms with Gasteiger partial charge in [-0.25, -0.2) is 18.3 Å².